The summed E-state index contributed by atoms with van der Waals surface area (Å²) < 4.78 is 5.18. The summed E-state index contributed by atoms with van der Waals surface area (Å²) in [6, 6.07) is 9.84. The van der Waals surface area contributed by atoms with Crippen LogP contribution in [0.3, 0.4) is 0 Å². The molecule has 1 N–H and O–H groups in total. The number of unbranched alkanes of at least 4 members (excludes halogenated alkanes) is 1. The fourth-order valence-electron chi connectivity index (χ4n) is 1.53. The van der Waals surface area contributed by atoms with Gasteiger partial charge in [0.15, 0.2) is 0 Å². The zero-order chi connectivity index (χ0) is 11.9. The molecule has 0 aliphatic carbocycles. The van der Waals surface area contributed by atoms with Crippen molar-refractivity contribution in [2.45, 2.75) is 26.3 Å². The Morgan fingerprint density at radius 1 is 1.24 bits per heavy atom. The highest BCUT2D eigenvalue weighted by molar-refractivity contribution is 5.53. The highest BCUT2D eigenvalue weighted by atomic mass is 16.5. The molecule has 0 saturated carbocycles. The monoisotopic (exact) mass is 231 g/mol. The van der Waals surface area contributed by atoms with Crippen molar-refractivity contribution in [2.24, 2.45) is 0 Å². The van der Waals surface area contributed by atoms with Crippen LogP contribution in [-0.4, -0.2) is 16.7 Å². The second-order valence-electron chi connectivity index (χ2n) is 3.91. The normalized spacial score (nSPS) is 10.6. The predicted octanol–water partition coefficient (Wildman–Crippen LogP) is 2.63. The van der Waals surface area contributed by atoms with E-state index in [0.717, 1.165) is 12.1 Å². The highest BCUT2D eigenvalue weighted by Crippen LogP contribution is 2.14. The third-order valence-electron chi connectivity index (χ3n) is 2.48. The lowest BCUT2D eigenvalue weighted by atomic mass is 10.2. The molecule has 0 fully saturated rings. The molecule has 4 heteroatoms. The molecule has 0 unspecified atom stereocenters. The Balaban J connectivity index is 1.92. The van der Waals surface area contributed by atoms with Crippen LogP contribution in [0.25, 0.3) is 11.4 Å². The van der Waals surface area contributed by atoms with Gasteiger partial charge in [-0.1, -0.05) is 48.8 Å². The average molecular weight is 231 g/mol. The number of rotatable bonds is 6. The predicted molar refractivity (Wildman–Crippen MR) is 66.3 cm³/mol. The molecule has 1 aromatic carbocycles. The summed E-state index contributed by atoms with van der Waals surface area (Å²) in [5, 5.41) is 7.23. The van der Waals surface area contributed by atoms with Crippen molar-refractivity contribution in [3.63, 3.8) is 0 Å². The number of nitrogens with one attached hydrogen (secondary N) is 1. The molecule has 2 rings (SSSR count). The molecule has 0 amide bonds. The SMILES string of the molecule is CCCCNCc1nc(-c2ccccc2)no1. The lowest BCUT2D eigenvalue weighted by Crippen LogP contribution is -2.14. The number of nitrogens with zero attached hydrogens (tertiary/aromatic N) is 2. The molecule has 0 aliphatic rings. The van der Waals surface area contributed by atoms with Crippen molar-refractivity contribution in [2.75, 3.05) is 6.54 Å². The van der Waals surface area contributed by atoms with Crippen LogP contribution in [0.5, 0.6) is 0 Å². The molecule has 0 atom stereocenters. The minimum atomic E-state index is 0.639. The van der Waals surface area contributed by atoms with Crippen LogP contribution in [0.15, 0.2) is 34.9 Å². The van der Waals surface area contributed by atoms with Gasteiger partial charge in [0.25, 0.3) is 0 Å². The van der Waals surface area contributed by atoms with Crippen molar-refractivity contribution in [3.8, 4) is 11.4 Å². The summed E-state index contributed by atoms with van der Waals surface area (Å²) in [5.41, 5.74) is 0.982. The summed E-state index contributed by atoms with van der Waals surface area (Å²) in [4.78, 5) is 4.34. The zero-order valence-electron chi connectivity index (χ0n) is 10.0. The summed E-state index contributed by atoms with van der Waals surface area (Å²) in [6.45, 7) is 3.79. The first-order valence-electron chi connectivity index (χ1n) is 5.99. The standard InChI is InChI=1S/C13H17N3O/c1-2-3-9-14-10-12-15-13(16-17-12)11-7-5-4-6-8-11/h4-8,14H,2-3,9-10H2,1H3. The molecule has 90 valence electrons. The van der Waals surface area contributed by atoms with E-state index in [0.29, 0.717) is 18.3 Å². The fraction of sp³-hybridized carbons (Fsp3) is 0.385. The van der Waals surface area contributed by atoms with Gasteiger partial charge in [-0.25, -0.2) is 0 Å². The second kappa shape index (κ2) is 6.15. The minimum absolute atomic E-state index is 0.639. The largest absolute Gasteiger partial charge is 0.338 e. The summed E-state index contributed by atoms with van der Waals surface area (Å²) in [7, 11) is 0. The molecule has 0 bridgehead atoms. The van der Waals surface area contributed by atoms with Gasteiger partial charge in [0, 0.05) is 5.56 Å². The van der Waals surface area contributed by atoms with E-state index in [1.165, 1.54) is 12.8 Å². The minimum Gasteiger partial charge on any atom is -0.338 e. The van der Waals surface area contributed by atoms with Gasteiger partial charge in [-0.3, -0.25) is 0 Å². The van der Waals surface area contributed by atoms with E-state index in [2.05, 4.69) is 22.4 Å². The van der Waals surface area contributed by atoms with Crippen LogP contribution < -0.4 is 5.32 Å². The van der Waals surface area contributed by atoms with Crippen LogP contribution in [0.2, 0.25) is 0 Å². The molecule has 4 nitrogen and oxygen atoms in total. The third kappa shape index (κ3) is 3.39. The lowest BCUT2D eigenvalue weighted by molar-refractivity contribution is 0.367. The Morgan fingerprint density at radius 3 is 2.82 bits per heavy atom. The molecular weight excluding hydrogens is 214 g/mol. The van der Waals surface area contributed by atoms with Crippen LogP contribution in [0, 0.1) is 0 Å². The van der Waals surface area contributed by atoms with Gasteiger partial charge >= 0.3 is 0 Å². The topological polar surface area (TPSA) is 51.0 Å². The van der Waals surface area contributed by atoms with Gasteiger partial charge in [-0.15, -0.1) is 0 Å². The van der Waals surface area contributed by atoms with Crippen molar-refractivity contribution >= 4 is 0 Å². The van der Waals surface area contributed by atoms with Crippen molar-refractivity contribution in [1.82, 2.24) is 15.5 Å². The van der Waals surface area contributed by atoms with Gasteiger partial charge in [-0.05, 0) is 13.0 Å². The number of hydrogen-bond acceptors (Lipinski definition) is 4. The summed E-state index contributed by atoms with van der Waals surface area (Å²) >= 11 is 0. The first-order chi connectivity index (χ1) is 8.40. The Morgan fingerprint density at radius 2 is 2.06 bits per heavy atom. The maximum absolute atomic E-state index is 5.18. The number of hydrogen-bond donors (Lipinski definition) is 1. The summed E-state index contributed by atoms with van der Waals surface area (Å²) in [5.74, 6) is 1.29. The Hall–Kier alpha value is -1.68. The fourth-order valence-corrected chi connectivity index (χ4v) is 1.53. The van der Waals surface area contributed by atoms with Gasteiger partial charge in [0.05, 0.1) is 6.54 Å². The molecule has 0 saturated heterocycles. The van der Waals surface area contributed by atoms with E-state index in [-0.39, 0.29) is 0 Å². The van der Waals surface area contributed by atoms with Crippen LogP contribution in [-0.2, 0) is 6.54 Å². The zero-order valence-corrected chi connectivity index (χ0v) is 10.0. The van der Waals surface area contributed by atoms with Gasteiger partial charge in [0.1, 0.15) is 0 Å². The Bertz CT molecular complexity index is 439. The second-order valence-corrected chi connectivity index (χ2v) is 3.91. The maximum atomic E-state index is 5.18. The smallest absolute Gasteiger partial charge is 0.240 e. The lowest BCUT2D eigenvalue weighted by Gasteiger charge is -1.97. The molecule has 1 heterocycles. The van der Waals surface area contributed by atoms with Crippen molar-refractivity contribution in [3.05, 3.63) is 36.2 Å². The highest BCUT2D eigenvalue weighted by Gasteiger charge is 2.06. The Labute approximate surface area is 101 Å². The van der Waals surface area contributed by atoms with Crippen molar-refractivity contribution in [1.29, 1.82) is 0 Å². The van der Waals surface area contributed by atoms with E-state index in [4.69, 9.17) is 4.52 Å². The first kappa shape index (κ1) is 11.8. The van der Waals surface area contributed by atoms with Crippen LogP contribution >= 0.6 is 0 Å². The van der Waals surface area contributed by atoms with E-state index in [1.807, 2.05) is 30.3 Å². The van der Waals surface area contributed by atoms with E-state index in [1.54, 1.807) is 0 Å². The van der Waals surface area contributed by atoms with E-state index < -0.39 is 0 Å². The number of benzene rings is 1. The van der Waals surface area contributed by atoms with Gasteiger partial charge in [0.2, 0.25) is 11.7 Å². The molecule has 0 spiro atoms. The molecule has 0 radical (unpaired) electrons. The average Bonchev–Trinajstić information content (AvgIpc) is 2.85. The Kier molecular flexibility index (Phi) is 4.27. The number of aromatic nitrogens is 2. The molecule has 1 aromatic heterocycles. The van der Waals surface area contributed by atoms with Crippen LogP contribution in [0.1, 0.15) is 25.7 Å². The third-order valence-corrected chi connectivity index (χ3v) is 2.48. The molecular formula is C13H17N3O. The maximum Gasteiger partial charge on any atom is 0.240 e. The quantitative estimate of drug-likeness (QED) is 0.776. The molecule has 17 heavy (non-hydrogen) atoms. The van der Waals surface area contributed by atoms with Gasteiger partial charge in [-0.2, -0.15) is 4.98 Å². The first-order valence-corrected chi connectivity index (χ1v) is 5.99. The molecule has 2 aromatic rings. The van der Waals surface area contributed by atoms with E-state index in [9.17, 15) is 0 Å². The van der Waals surface area contributed by atoms with E-state index >= 15 is 0 Å². The van der Waals surface area contributed by atoms with Gasteiger partial charge < -0.3 is 9.84 Å². The molecule has 0 aliphatic heterocycles. The van der Waals surface area contributed by atoms with Crippen LogP contribution in [0.4, 0.5) is 0 Å². The van der Waals surface area contributed by atoms with Crippen molar-refractivity contribution < 1.29 is 4.52 Å². The summed E-state index contributed by atoms with van der Waals surface area (Å²) in [6.07, 6.45) is 2.35.